The van der Waals surface area contributed by atoms with Crippen LogP contribution in [-0.2, 0) is 0 Å². The van der Waals surface area contributed by atoms with Crippen molar-refractivity contribution in [2.24, 2.45) is 0 Å². The highest BCUT2D eigenvalue weighted by Gasteiger charge is 2.12. The summed E-state index contributed by atoms with van der Waals surface area (Å²) in [6.45, 7) is 8.33. The van der Waals surface area contributed by atoms with Crippen molar-refractivity contribution in [1.82, 2.24) is 0 Å². The molecule has 0 bridgehead atoms. The smallest absolute Gasteiger partial charge is 0.127 e. The molecule has 0 aliphatic heterocycles. The molecule has 0 aromatic heterocycles. The molecule has 0 aliphatic carbocycles. The molecule has 0 saturated carbocycles. The van der Waals surface area contributed by atoms with Crippen LogP contribution in [0, 0.1) is 6.92 Å². The lowest BCUT2D eigenvalue weighted by atomic mass is 10.1. The maximum Gasteiger partial charge on any atom is 0.127 e. The van der Waals surface area contributed by atoms with Gasteiger partial charge in [0.15, 0.2) is 0 Å². The predicted molar refractivity (Wildman–Crippen MR) is 97.6 cm³/mol. The second kappa shape index (κ2) is 7.87. The Morgan fingerprint density at radius 2 is 1.64 bits per heavy atom. The zero-order valence-corrected chi connectivity index (χ0v) is 15.4. The van der Waals surface area contributed by atoms with Gasteiger partial charge in [0.05, 0.1) is 12.2 Å². The molecule has 0 fully saturated rings. The second-order valence-corrected chi connectivity index (χ2v) is 6.83. The van der Waals surface area contributed by atoms with Crippen molar-refractivity contribution >= 4 is 26.7 Å². The van der Waals surface area contributed by atoms with Crippen LogP contribution in [0.4, 0.5) is 0 Å². The summed E-state index contributed by atoms with van der Waals surface area (Å²) in [7, 11) is 0. The number of fused-ring (bicyclic) bond motifs is 1. The minimum atomic E-state index is 0.161. The van der Waals surface area contributed by atoms with E-state index in [-0.39, 0.29) is 12.2 Å². The highest BCUT2D eigenvalue weighted by Crippen LogP contribution is 2.35. The van der Waals surface area contributed by atoms with Crippen LogP contribution in [-0.4, -0.2) is 17.5 Å². The van der Waals surface area contributed by atoms with Gasteiger partial charge in [-0.3, -0.25) is 0 Å². The van der Waals surface area contributed by atoms with Crippen molar-refractivity contribution in [3.8, 4) is 11.5 Å². The third-order valence-electron chi connectivity index (χ3n) is 3.53. The molecule has 1 unspecified atom stereocenters. The number of hydrogen-bond acceptors (Lipinski definition) is 2. The van der Waals surface area contributed by atoms with Crippen molar-refractivity contribution in [2.75, 3.05) is 5.33 Å². The average molecular weight is 365 g/mol. The van der Waals surface area contributed by atoms with Crippen LogP contribution >= 0.6 is 15.9 Å². The number of hydrogen-bond donors (Lipinski definition) is 0. The Morgan fingerprint density at radius 1 is 0.955 bits per heavy atom. The van der Waals surface area contributed by atoms with Crippen molar-refractivity contribution < 1.29 is 9.47 Å². The van der Waals surface area contributed by atoms with Crippen LogP contribution in [0.3, 0.4) is 0 Å². The third kappa shape index (κ3) is 4.39. The molecule has 0 heterocycles. The summed E-state index contributed by atoms with van der Waals surface area (Å²) in [5, 5.41) is 3.26. The predicted octanol–water partition coefficient (Wildman–Crippen LogP) is 5.88. The zero-order chi connectivity index (χ0) is 16.1. The van der Waals surface area contributed by atoms with Gasteiger partial charge in [-0.25, -0.2) is 0 Å². The largest absolute Gasteiger partial charge is 0.490 e. The maximum atomic E-state index is 6.17. The van der Waals surface area contributed by atoms with E-state index in [0.29, 0.717) is 0 Å². The number of halogens is 1. The van der Waals surface area contributed by atoms with E-state index < -0.39 is 0 Å². The third-order valence-corrected chi connectivity index (χ3v) is 4.09. The van der Waals surface area contributed by atoms with Crippen LogP contribution in [0.5, 0.6) is 11.5 Å². The molecule has 0 amide bonds. The number of ether oxygens (including phenoxy) is 2. The van der Waals surface area contributed by atoms with E-state index in [4.69, 9.17) is 9.47 Å². The van der Waals surface area contributed by atoms with Crippen molar-refractivity contribution in [3.05, 3.63) is 35.9 Å². The summed E-state index contributed by atoms with van der Waals surface area (Å²) < 4.78 is 12.1. The maximum absolute atomic E-state index is 6.17. The van der Waals surface area contributed by atoms with Crippen LogP contribution in [0.25, 0.3) is 10.8 Å². The Bertz CT molecular complexity index is 622. The number of benzene rings is 2. The van der Waals surface area contributed by atoms with Gasteiger partial charge >= 0.3 is 0 Å². The first-order valence-corrected chi connectivity index (χ1v) is 9.06. The summed E-state index contributed by atoms with van der Waals surface area (Å²) in [6, 6.07) is 10.5. The Labute approximate surface area is 141 Å². The van der Waals surface area contributed by atoms with E-state index in [1.807, 2.05) is 26.0 Å². The van der Waals surface area contributed by atoms with Crippen LogP contribution in [0.1, 0.15) is 39.2 Å². The molecule has 0 aliphatic rings. The van der Waals surface area contributed by atoms with E-state index in [9.17, 15) is 0 Å². The van der Waals surface area contributed by atoms with Gasteiger partial charge in [-0.15, -0.1) is 0 Å². The van der Waals surface area contributed by atoms with Gasteiger partial charge < -0.3 is 9.47 Å². The molecule has 2 aromatic rings. The lowest BCUT2D eigenvalue weighted by Crippen LogP contribution is -2.12. The van der Waals surface area contributed by atoms with Crippen LogP contribution in [0.15, 0.2) is 30.3 Å². The van der Waals surface area contributed by atoms with Gasteiger partial charge in [-0.1, -0.05) is 33.6 Å². The molecule has 120 valence electrons. The topological polar surface area (TPSA) is 18.5 Å². The Morgan fingerprint density at radius 3 is 2.27 bits per heavy atom. The summed E-state index contributed by atoms with van der Waals surface area (Å²) >= 11 is 3.47. The van der Waals surface area contributed by atoms with Gasteiger partial charge in [-0.2, -0.15) is 0 Å². The molecule has 0 saturated heterocycles. The second-order valence-electron chi connectivity index (χ2n) is 6.04. The first kappa shape index (κ1) is 17.1. The fraction of sp³-hybridized carbons (Fsp3) is 0.474. The SMILES string of the molecule is Cc1ccc2c(OC(C)C)ccc(OC(C)CCCBr)c2c1. The van der Waals surface area contributed by atoms with Crippen LogP contribution < -0.4 is 9.47 Å². The minimum Gasteiger partial charge on any atom is -0.490 e. The summed E-state index contributed by atoms with van der Waals surface area (Å²) in [5.41, 5.74) is 1.23. The standard InChI is InChI=1S/C19H25BrO2/c1-13(2)21-18-9-10-19(22-15(4)6-5-11-20)17-12-14(3)7-8-16(17)18/h7-10,12-13,15H,5-6,11H2,1-4H3. The minimum absolute atomic E-state index is 0.161. The van der Waals surface area contributed by atoms with E-state index in [0.717, 1.165) is 40.4 Å². The monoisotopic (exact) mass is 364 g/mol. The van der Waals surface area contributed by atoms with E-state index in [1.54, 1.807) is 0 Å². The molecule has 0 spiro atoms. The van der Waals surface area contributed by atoms with E-state index in [1.165, 1.54) is 5.56 Å². The van der Waals surface area contributed by atoms with E-state index >= 15 is 0 Å². The van der Waals surface area contributed by atoms with Gasteiger partial charge in [0.1, 0.15) is 11.5 Å². The molecule has 2 aromatic carbocycles. The molecular formula is C19H25BrO2. The van der Waals surface area contributed by atoms with Crippen molar-refractivity contribution in [1.29, 1.82) is 0 Å². The Balaban J connectivity index is 2.36. The number of alkyl halides is 1. The summed E-state index contributed by atoms with van der Waals surface area (Å²) in [6.07, 6.45) is 2.53. The molecule has 0 N–H and O–H groups in total. The van der Waals surface area contributed by atoms with Crippen LogP contribution in [0.2, 0.25) is 0 Å². The molecule has 3 heteroatoms. The lowest BCUT2D eigenvalue weighted by molar-refractivity contribution is 0.212. The quantitative estimate of drug-likeness (QED) is 0.571. The lowest BCUT2D eigenvalue weighted by Gasteiger charge is -2.19. The average Bonchev–Trinajstić information content (AvgIpc) is 2.47. The van der Waals surface area contributed by atoms with Gasteiger partial charge in [0, 0.05) is 16.1 Å². The fourth-order valence-electron chi connectivity index (χ4n) is 2.51. The molecule has 0 radical (unpaired) electrons. The van der Waals surface area contributed by atoms with Gasteiger partial charge in [0.25, 0.3) is 0 Å². The fourth-order valence-corrected chi connectivity index (χ4v) is 2.83. The summed E-state index contributed by atoms with van der Waals surface area (Å²) in [4.78, 5) is 0. The van der Waals surface area contributed by atoms with Crippen molar-refractivity contribution in [3.63, 3.8) is 0 Å². The first-order chi connectivity index (χ1) is 10.5. The highest BCUT2D eigenvalue weighted by molar-refractivity contribution is 9.09. The zero-order valence-electron chi connectivity index (χ0n) is 13.9. The molecule has 2 nitrogen and oxygen atoms in total. The Hall–Kier alpha value is -1.22. The highest BCUT2D eigenvalue weighted by atomic mass is 79.9. The van der Waals surface area contributed by atoms with E-state index in [2.05, 4.69) is 48.0 Å². The molecular weight excluding hydrogens is 340 g/mol. The van der Waals surface area contributed by atoms with Gasteiger partial charge in [-0.05, 0) is 58.7 Å². The number of rotatable bonds is 7. The normalized spacial score (nSPS) is 12.6. The van der Waals surface area contributed by atoms with Crippen molar-refractivity contribution in [2.45, 2.75) is 52.7 Å². The number of aryl methyl sites for hydroxylation is 1. The molecule has 2 rings (SSSR count). The Kier molecular flexibility index (Phi) is 6.13. The first-order valence-electron chi connectivity index (χ1n) is 7.94. The van der Waals surface area contributed by atoms with Gasteiger partial charge in [0.2, 0.25) is 0 Å². The molecule has 22 heavy (non-hydrogen) atoms. The molecule has 1 atom stereocenters. The summed E-state index contributed by atoms with van der Waals surface area (Å²) in [5.74, 6) is 1.86.